The SMILES string of the molecule is CCCC1=C(CCC)C2C(=O)c3ccccc3C(=O)C2C(CC)=C1CC. The van der Waals surface area contributed by atoms with Crippen molar-refractivity contribution in [2.45, 2.75) is 66.2 Å². The Morgan fingerprint density at radius 1 is 0.692 bits per heavy atom. The molecule has 0 bridgehead atoms. The first-order valence-electron chi connectivity index (χ1n) is 10.2. The smallest absolute Gasteiger partial charge is 0.171 e. The minimum atomic E-state index is -0.278. The van der Waals surface area contributed by atoms with Gasteiger partial charge in [-0.05, 0) is 36.8 Å². The molecule has 0 aliphatic heterocycles. The highest BCUT2D eigenvalue weighted by Gasteiger charge is 2.47. The van der Waals surface area contributed by atoms with Crippen molar-refractivity contribution in [1.29, 1.82) is 0 Å². The van der Waals surface area contributed by atoms with E-state index in [2.05, 4.69) is 27.7 Å². The van der Waals surface area contributed by atoms with Crippen molar-refractivity contribution < 1.29 is 9.59 Å². The zero-order valence-corrected chi connectivity index (χ0v) is 16.5. The van der Waals surface area contributed by atoms with Gasteiger partial charge in [0, 0.05) is 11.1 Å². The van der Waals surface area contributed by atoms with E-state index in [-0.39, 0.29) is 23.4 Å². The molecule has 0 aromatic heterocycles. The van der Waals surface area contributed by atoms with Crippen LogP contribution in [0.4, 0.5) is 0 Å². The van der Waals surface area contributed by atoms with Crippen LogP contribution in [0.5, 0.6) is 0 Å². The van der Waals surface area contributed by atoms with E-state index in [1.54, 1.807) is 0 Å². The van der Waals surface area contributed by atoms with Crippen LogP contribution in [0, 0.1) is 11.8 Å². The summed E-state index contributed by atoms with van der Waals surface area (Å²) in [5, 5.41) is 0. The molecule has 138 valence electrons. The van der Waals surface area contributed by atoms with Crippen LogP contribution >= 0.6 is 0 Å². The van der Waals surface area contributed by atoms with Gasteiger partial charge in [-0.15, -0.1) is 0 Å². The Bertz CT molecular complexity index is 794. The van der Waals surface area contributed by atoms with E-state index in [0.717, 1.165) is 38.5 Å². The Morgan fingerprint density at radius 2 is 1.23 bits per heavy atom. The lowest BCUT2D eigenvalue weighted by molar-refractivity contribution is 0.0778. The van der Waals surface area contributed by atoms with Gasteiger partial charge < -0.3 is 0 Å². The second kappa shape index (κ2) is 7.73. The van der Waals surface area contributed by atoms with Gasteiger partial charge in [-0.25, -0.2) is 0 Å². The van der Waals surface area contributed by atoms with Crippen molar-refractivity contribution in [3.8, 4) is 0 Å². The van der Waals surface area contributed by atoms with Gasteiger partial charge in [0.15, 0.2) is 11.6 Å². The third-order valence-electron chi connectivity index (χ3n) is 6.00. The lowest BCUT2D eigenvalue weighted by Crippen LogP contribution is -2.41. The van der Waals surface area contributed by atoms with Crippen molar-refractivity contribution in [3.63, 3.8) is 0 Å². The topological polar surface area (TPSA) is 34.1 Å². The van der Waals surface area contributed by atoms with Crippen molar-refractivity contribution in [3.05, 3.63) is 57.7 Å². The van der Waals surface area contributed by atoms with E-state index in [0.29, 0.717) is 11.1 Å². The Hall–Kier alpha value is -1.96. The van der Waals surface area contributed by atoms with E-state index < -0.39 is 0 Å². The molecular formula is C24H30O2. The largest absolute Gasteiger partial charge is 0.293 e. The minimum absolute atomic E-state index is 0.150. The number of allylic oxidation sites excluding steroid dienone is 4. The van der Waals surface area contributed by atoms with Gasteiger partial charge in [0.25, 0.3) is 0 Å². The van der Waals surface area contributed by atoms with Crippen LogP contribution in [0.1, 0.15) is 86.9 Å². The second-order valence-electron chi connectivity index (χ2n) is 7.44. The van der Waals surface area contributed by atoms with Crippen LogP contribution in [0.2, 0.25) is 0 Å². The minimum Gasteiger partial charge on any atom is -0.293 e. The number of carbonyl (C=O) groups excluding carboxylic acids is 2. The third-order valence-corrected chi connectivity index (χ3v) is 6.00. The fourth-order valence-electron chi connectivity index (χ4n) is 5.04. The average molecular weight is 351 g/mol. The summed E-state index contributed by atoms with van der Waals surface area (Å²) >= 11 is 0. The number of ketones is 2. The molecule has 0 fully saturated rings. The molecule has 0 spiro atoms. The molecule has 0 saturated carbocycles. The summed E-state index contributed by atoms with van der Waals surface area (Å²) in [5.74, 6) is -0.246. The second-order valence-corrected chi connectivity index (χ2v) is 7.44. The van der Waals surface area contributed by atoms with Crippen molar-refractivity contribution in [2.75, 3.05) is 0 Å². The molecule has 0 radical (unpaired) electrons. The highest BCUT2D eigenvalue weighted by molar-refractivity contribution is 6.18. The van der Waals surface area contributed by atoms with E-state index in [9.17, 15) is 9.59 Å². The molecule has 0 amide bonds. The van der Waals surface area contributed by atoms with Crippen LogP contribution in [0.3, 0.4) is 0 Å². The monoisotopic (exact) mass is 350 g/mol. The fraction of sp³-hybridized carbons (Fsp3) is 0.500. The van der Waals surface area contributed by atoms with Crippen LogP contribution in [0.15, 0.2) is 46.6 Å². The van der Waals surface area contributed by atoms with Crippen LogP contribution in [-0.4, -0.2) is 11.6 Å². The third kappa shape index (κ3) is 2.80. The summed E-state index contributed by atoms with van der Waals surface area (Å²) in [4.78, 5) is 26.9. The summed E-state index contributed by atoms with van der Waals surface area (Å²) in [7, 11) is 0. The number of benzene rings is 1. The first-order valence-corrected chi connectivity index (χ1v) is 10.2. The predicted octanol–water partition coefficient (Wildman–Crippen LogP) is 6.33. The lowest BCUT2D eigenvalue weighted by Gasteiger charge is -2.40. The Labute approximate surface area is 157 Å². The highest BCUT2D eigenvalue weighted by atomic mass is 16.1. The van der Waals surface area contributed by atoms with Crippen molar-refractivity contribution in [1.82, 2.24) is 0 Å². The summed E-state index contributed by atoms with van der Waals surface area (Å²) in [6.45, 7) is 8.69. The normalized spacial score (nSPS) is 22.6. The molecule has 26 heavy (non-hydrogen) atoms. The molecule has 2 aliphatic rings. The molecule has 0 saturated heterocycles. The number of Topliss-reactive ketones (excluding diaryl/α,β-unsaturated/α-hetero) is 2. The van der Waals surface area contributed by atoms with Crippen LogP contribution in [-0.2, 0) is 0 Å². The first-order chi connectivity index (χ1) is 12.6. The van der Waals surface area contributed by atoms with Gasteiger partial charge in [0.2, 0.25) is 0 Å². The average Bonchev–Trinajstić information content (AvgIpc) is 2.66. The summed E-state index contributed by atoms with van der Waals surface area (Å²) in [6.07, 6.45) is 5.79. The van der Waals surface area contributed by atoms with Crippen molar-refractivity contribution in [2.24, 2.45) is 11.8 Å². The lowest BCUT2D eigenvalue weighted by atomic mass is 9.61. The Kier molecular flexibility index (Phi) is 5.60. The van der Waals surface area contributed by atoms with E-state index >= 15 is 0 Å². The van der Waals surface area contributed by atoms with E-state index in [1.807, 2.05) is 24.3 Å². The zero-order chi connectivity index (χ0) is 18.8. The molecule has 1 aromatic rings. The standard InChI is InChI=1S/C24H30O2/c1-5-11-17-15(7-3)16(8-4)21-22(18(17)12-6-2)24(26)20-14-10-9-13-19(20)23(21)25/h9-10,13-14,21-22H,5-8,11-12H2,1-4H3. The molecule has 0 N–H and O–H groups in total. The zero-order valence-electron chi connectivity index (χ0n) is 16.5. The molecule has 1 aromatic carbocycles. The molecule has 2 unspecified atom stereocenters. The van der Waals surface area contributed by atoms with Crippen molar-refractivity contribution >= 4 is 11.6 Å². The molecule has 3 rings (SSSR count). The van der Waals surface area contributed by atoms with Gasteiger partial charge in [0.05, 0.1) is 11.8 Å². The molecule has 2 atom stereocenters. The molecule has 2 aliphatic carbocycles. The van der Waals surface area contributed by atoms with Gasteiger partial charge in [-0.2, -0.15) is 0 Å². The number of hydrogen-bond acceptors (Lipinski definition) is 2. The molecular weight excluding hydrogens is 320 g/mol. The van der Waals surface area contributed by atoms with E-state index in [1.165, 1.54) is 22.3 Å². The maximum absolute atomic E-state index is 13.5. The van der Waals surface area contributed by atoms with Crippen LogP contribution < -0.4 is 0 Å². The van der Waals surface area contributed by atoms with Gasteiger partial charge in [-0.1, -0.05) is 75.9 Å². The maximum Gasteiger partial charge on any atom is 0.171 e. The van der Waals surface area contributed by atoms with E-state index in [4.69, 9.17) is 0 Å². The van der Waals surface area contributed by atoms with Gasteiger partial charge >= 0.3 is 0 Å². The Morgan fingerprint density at radius 3 is 1.69 bits per heavy atom. The number of fused-ring (bicyclic) bond motifs is 2. The van der Waals surface area contributed by atoms with Gasteiger partial charge in [0.1, 0.15) is 0 Å². The summed E-state index contributed by atoms with van der Waals surface area (Å²) in [5.41, 5.74) is 6.46. The summed E-state index contributed by atoms with van der Waals surface area (Å²) in [6, 6.07) is 7.40. The molecule has 0 heterocycles. The van der Waals surface area contributed by atoms with Crippen LogP contribution in [0.25, 0.3) is 0 Å². The molecule has 2 nitrogen and oxygen atoms in total. The number of rotatable bonds is 6. The highest BCUT2D eigenvalue weighted by Crippen LogP contribution is 2.49. The first kappa shape index (κ1) is 18.8. The quantitative estimate of drug-likeness (QED) is 0.601. The fourth-order valence-corrected chi connectivity index (χ4v) is 5.04. The Balaban J connectivity index is 2.29. The number of carbonyl (C=O) groups is 2. The summed E-state index contributed by atoms with van der Waals surface area (Å²) < 4.78 is 0. The maximum atomic E-state index is 13.5. The van der Waals surface area contributed by atoms with Gasteiger partial charge in [-0.3, -0.25) is 9.59 Å². The number of hydrogen-bond donors (Lipinski definition) is 0. The molecule has 2 heteroatoms. The predicted molar refractivity (Wildman–Crippen MR) is 107 cm³/mol.